The fraction of sp³-hybridized carbons (Fsp3) is 0.500. The molecule has 0 amide bonds. The van der Waals surface area contributed by atoms with Crippen molar-refractivity contribution in [2.24, 2.45) is 0 Å². The van der Waals surface area contributed by atoms with E-state index in [1.165, 1.54) is 18.2 Å². The predicted molar refractivity (Wildman–Crippen MR) is 58.7 cm³/mol. The molecule has 2 N–H and O–H groups in total. The summed E-state index contributed by atoms with van der Waals surface area (Å²) in [5.41, 5.74) is -0.534. The van der Waals surface area contributed by atoms with Crippen molar-refractivity contribution >= 4 is 0 Å². The summed E-state index contributed by atoms with van der Waals surface area (Å²) in [4.78, 5) is 0. The monoisotopic (exact) mass is 228 g/mol. The van der Waals surface area contributed by atoms with Gasteiger partial charge in [-0.3, -0.25) is 0 Å². The molecule has 0 fully saturated rings. The summed E-state index contributed by atoms with van der Waals surface area (Å²) >= 11 is 0. The lowest BCUT2D eigenvalue weighted by Gasteiger charge is -2.22. The van der Waals surface area contributed by atoms with Crippen LogP contribution in [0.5, 0.6) is 5.75 Å². The molecule has 1 unspecified atom stereocenters. The minimum absolute atomic E-state index is 0.113. The van der Waals surface area contributed by atoms with Gasteiger partial charge in [0, 0.05) is 5.56 Å². The Bertz CT molecular complexity index is 350. The minimum atomic E-state index is -0.916. The lowest BCUT2D eigenvalue weighted by atomic mass is 10.1. The molecule has 0 saturated carbocycles. The molecular weight excluding hydrogens is 211 g/mol. The number of ether oxygens (including phenoxy) is 1. The fourth-order valence-electron chi connectivity index (χ4n) is 1.15. The third-order valence-corrected chi connectivity index (χ3v) is 2.49. The van der Waals surface area contributed by atoms with Gasteiger partial charge in [-0.2, -0.15) is 0 Å². The number of aliphatic hydroxyl groups is 2. The van der Waals surface area contributed by atoms with E-state index in [1.807, 2.05) is 6.92 Å². The zero-order valence-electron chi connectivity index (χ0n) is 9.53. The summed E-state index contributed by atoms with van der Waals surface area (Å²) in [5.74, 6) is -0.0173. The summed E-state index contributed by atoms with van der Waals surface area (Å²) in [6.45, 7) is 3.33. The van der Waals surface area contributed by atoms with E-state index in [4.69, 9.17) is 9.84 Å². The fourth-order valence-corrected chi connectivity index (χ4v) is 1.15. The van der Waals surface area contributed by atoms with Crippen molar-refractivity contribution < 1.29 is 19.3 Å². The van der Waals surface area contributed by atoms with Gasteiger partial charge in [0.25, 0.3) is 0 Å². The molecule has 0 aliphatic rings. The number of halogens is 1. The normalized spacial score (nSPS) is 14.6. The van der Waals surface area contributed by atoms with Crippen LogP contribution >= 0.6 is 0 Å². The molecule has 0 radical (unpaired) electrons. The molecule has 1 aromatic carbocycles. The van der Waals surface area contributed by atoms with Gasteiger partial charge in [-0.05, 0) is 31.5 Å². The Morgan fingerprint density at radius 2 is 2.12 bits per heavy atom. The van der Waals surface area contributed by atoms with Crippen molar-refractivity contribution in [2.75, 3.05) is 6.61 Å². The van der Waals surface area contributed by atoms with E-state index in [1.54, 1.807) is 6.92 Å². The molecule has 3 nitrogen and oxygen atoms in total. The summed E-state index contributed by atoms with van der Waals surface area (Å²) in [7, 11) is 0. The van der Waals surface area contributed by atoms with Crippen molar-refractivity contribution in [3.8, 4) is 5.75 Å². The van der Waals surface area contributed by atoms with Gasteiger partial charge in [0.05, 0.1) is 12.2 Å². The molecule has 0 heterocycles. The number of hydrogen-bond donors (Lipinski definition) is 2. The summed E-state index contributed by atoms with van der Waals surface area (Å²) in [6.07, 6.45) is 0.558. The van der Waals surface area contributed by atoms with Crippen LogP contribution in [0.25, 0.3) is 0 Å². The molecule has 0 spiro atoms. The quantitative estimate of drug-likeness (QED) is 0.808. The largest absolute Gasteiger partial charge is 0.490 e. The van der Waals surface area contributed by atoms with Crippen LogP contribution < -0.4 is 4.74 Å². The topological polar surface area (TPSA) is 49.7 Å². The van der Waals surface area contributed by atoms with Crippen LogP contribution in [0.3, 0.4) is 0 Å². The van der Waals surface area contributed by atoms with Crippen LogP contribution in [0, 0.1) is 5.82 Å². The van der Waals surface area contributed by atoms with E-state index >= 15 is 0 Å². The first-order chi connectivity index (χ1) is 7.48. The Morgan fingerprint density at radius 1 is 1.44 bits per heavy atom. The molecular formula is C12H17FO3. The van der Waals surface area contributed by atoms with E-state index < -0.39 is 11.4 Å². The lowest BCUT2D eigenvalue weighted by Crippen LogP contribution is -2.31. The molecule has 4 heteroatoms. The smallest absolute Gasteiger partial charge is 0.125 e. The standard InChI is InChI=1S/C12H17FO3/c1-3-12(2,15)8-16-11-5-4-10(13)6-9(11)7-14/h4-6,14-15H,3,7-8H2,1-2H3. The highest BCUT2D eigenvalue weighted by atomic mass is 19.1. The first kappa shape index (κ1) is 12.9. The van der Waals surface area contributed by atoms with Gasteiger partial charge in [0.1, 0.15) is 18.2 Å². The van der Waals surface area contributed by atoms with Crippen LogP contribution in [-0.4, -0.2) is 22.4 Å². The maximum atomic E-state index is 12.9. The Hall–Kier alpha value is -1.13. The molecule has 0 aliphatic carbocycles. The van der Waals surface area contributed by atoms with Gasteiger partial charge in [0.15, 0.2) is 0 Å². The molecule has 0 bridgehead atoms. The zero-order chi connectivity index (χ0) is 12.2. The molecule has 90 valence electrons. The molecule has 1 aromatic rings. The van der Waals surface area contributed by atoms with Gasteiger partial charge >= 0.3 is 0 Å². The van der Waals surface area contributed by atoms with Crippen molar-refractivity contribution in [1.82, 2.24) is 0 Å². The maximum absolute atomic E-state index is 12.9. The third-order valence-electron chi connectivity index (χ3n) is 2.49. The number of aliphatic hydroxyl groups excluding tert-OH is 1. The number of hydrogen-bond acceptors (Lipinski definition) is 3. The summed E-state index contributed by atoms with van der Waals surface area (Å²) in [6, 6.07) is 3.93. The maximum Gasteiger partial charge on any atom is 0.125 e. The van der Waals surface area contributed by atoms with Crippen LogP contribution in [-0.2, 0) is 6.61 Å². The van der Waals surface area contributed by atoms with Crippen LogP contribution in [0.2, 0.25) is 0 Å². The minimum Gasteiger partial charge on any atom is -0.490 e. The van der Waals surface area contributed by atoms with Gasteiger partial charge in [-0.1, -0.05) is 6.92 Å². The summed E-state index contributed by atoms with van der Waals surface area (Å²) in [5, 5.41) is 18.8. The van der Waals surface area contributed by atoms with Crippen molar-refractivity contribution in [3.05, 3.63) is 29.6 Å². The van der Waals surface area contributed by atoms with E-state index in [0.29, 0.717) is 17.7 Å². The van der Waals surface area contributed by atoms with Crippen molar-refractivity contribution in [3.63, 3.8) is 0 Å². The molecule has 0 aromatic heterocycles. The average molecular weight is 228 g/mol. The molecule has 16 heavy (non-hydrogen) atoms. The van der Waals surface area contributed by atoms with E-state index in [2.05, 4.69) is 0 Å². The SMILES string of the molecule is CCC(C)(O)COc1ccc(F)cc1CO. The summed E-state index contributed by atoms with van der Waals surface area (Å²) < 4.78 is 18.2. The predicted octanol–water partition coefficient (Wildman–Crippen LogP) is 1.86. The average Bonchev–Trinajstić information content (AvgIpc) is 2.27. The highest BCUT2D eigenvalue weighted by molar-refractivity contribution is 5.33. The molecule has 0 saturated heterocycles. The van der Waals surface area contributed by atoms with Crippen molar-refractivity contribution in [1.29, 1.82) is 0 Å². The third kappa shape index (κ3) is 3.47. The van der Waals surface area contributed by atoms with Gasteiger partial charge in [-0.25, -0.2) is 4.39 Å². The first-order valence-electron chi connectivity index (χ1n) is 5.23. The van der Waals surface area contributed by atoms with Crippen LogP contribution in [0.1, 0.15) is 25.8 Å². The second-order valence-corrected chi connectivity index (χ2v) is 4.05. The second kappa shape index (κ2) is 5.27. The van der Waals surface area contributed by atoms with Gasteiger partial charge in [-0.15, -0.1) is 0 Å². The van der Waals surface area contributed by atoms with Crippen molar-refractivity contribution in [2.45, 2.75) is 32.5 Å². The lowest BCUT2D eigenvalue weighted by molar-refractivity contribution is 0.00782. The highest BCUT2D eigenvalue weighted by Crippen LogP contribution is 2.21. The molecule has 1 atom stereocenters. The number of rotatable bonds is 5. The Morgan fingerprint density at radius 3 is 2.69 bits per heavy atom. The van der Waals surface area contributed by atoms with Crippen LogP contribution in [0.4, 0.5) is 4.39 Å². The van der Waals surface area contributed by atoms with E-state index in [0.717, 1.165) is 0 Å². The second-order valence-electron chi connectivity index (χ2n) is 4.05. The number of benzene rings is 1. The molecule has 1 rings (SSSR count). The van der Waals surface area contributed by atoms with Crippen LogP contribution in [0.15, 0.2) is 18.2 Å². The van der Waals surface area contributed by atoms with Gasteiger partial charge < -0.3 is 14.9 Å². The highest BCUT2D eigenvalue weighted by Gasteiger charge is 2.19. The van der Waals surface area contributed by atoms with E-state index in [-0.39, 0.29) is 13.2 Å². The Labute approximate surface area is 94.5 Å². The Balaban J connectivity index is 2.74. The Kier molecular flexibility index (Phi) is 4.26. The zero-order valence-corrected chi connectivity index (χ0v) is 9.53. The van der Waals surface area contributed by atoms with Gasteiger partial charge in [0.2, 0.25) is 0 Å². The first-order valence-corrected chi connectivity index (χ1v) is 5.23. The van der Waals surface area contributed by atoms with E-state index in [9.17, 15) is 9.50 Å². The molecule has 0 aliphatic heterocycles.